The van der Waals surface area contributed by atoms with E-state index in [-0.39, 0.29) is 0 Å². The van der Waals surface area contributed by atoms with Crippen molar-refractivity contribution < 1.29 is 23.1 Å². The first-order valence-corrected chi connectivity index (χ1v) is 5.20. The van der Waals surface area contributed by atoms with Crippen LogP contribution in [0.1, 0.15) is 32.1 Å². The molecule has 0 aromatic heterocycles. The second-order valence-electron chi connectivity index (χ2n) is 3.94. The average molecular weight is 252 g/mol. The number of carbonyl (C=O) groups is 1. The Balaban J connectivity index is 0.000000325. The molecule has 0 radical (unpaired) electrons. The van der Waals surface area contributed by atoms with Crippen LogP contribution in [-0.4, -0.2) is 23.3 Å². The minimum atomic E-state index is -5.08. The highest BCUT2D eigenvalue weighted by Crippen LogP contribution is 2.27. The van der Waals surface area contributed by atoms with Gasteiger partial charge in [-0.25, -0.2) is 4.79 Å². The van der Waals surface area contributed by atoms with Gasteiger partial charge in [-0.3, -0.25) is 0 Å². The zero-order valence-corrected chi connectivity index (χ0v) is 9.20. The molecule has 0 heterocycles. The number of nitrogens with zero attached hydrogens (tertiary/aromatic N) is 1. The Labute approximate surface area is 97.2 Å². The summed E-state index contributed by atoms with van der Waals surface area (Å²) in [6.07, 6.45) is 0.224. The number of carboxylic acids is 1. The van der Waals surface area contributed by atoms with Gasteiger partial charge in [0.15, 0.2) is 0 Å². The van der Waals surface area contributed by atoms with Crippen LogP contribution in [0.15, 0.2) is 0 Å². The largest absolute Gasteiger partial charge is 0.490 e. The molecule has 0 amide bonds. The van der Waals surface area contributed by atoms with E-state index in [0.717, 1.165) is 25.2 Å². The molecule has 7 heteroatoms. The maximum atomic E-state index is 10.6. The van der Waals surface area contributed by atoms with Crippen LogP contribution in [0.5, 0.6) is 0 Å². The Morgan fingerprint density at radius 3 is 2.29 bits per heavy atom. The van der Waals surface area contributed by atoms with Crippen molar-refractivity contribution in [3.8, 4) is 6.07 Å². The van der Waals surface area contributed by atoms with Gasteiger partial charge < -0.3 is 10.8 Å². The molecule has 0 saturated heterocycles. The molecule has 1 aliphatic rings. The third kappa shape index (κ3) is 7.58. The molecule has 1 rings (SSSR count). The molecule has 0 aromatic rings. The zero-order valence-electron chi connectivity index (χ0n) is 9.20. The predicted octanol–water partition coefficient (Wildman–Crippen LogP) is 2.05. The Bertz CT molecular complexity index is 286. The molecule has 0 aromatic carbocycles. The molecule has 4 nitrogen and oxygen atoms in total. The van der Waals surface area contributed by atoms with Crippen molar-refractivity contribution >= 4 is 5.97 Å². The molecule has 1 aliphatic carbocycles. The summed E-state index contributed by atoms with van der Waals surface area (Å²) in [6.45, 7) is 0. The lowest BCUT2D eigenvalue weighted by Crippen LogP contribution is -2.21. The fraction of sp³-hybridized carbons (Fsp3) is 0.800. The van der Waals surface area contributed by atoms with Gasteiger partial charge in [0, 0.05) is 12.5 Å². The van der Waals surface area contributed by atoms with Crippen molar-refractivity contribution in [2.45, 2.75) is 44.3 Å². The Hall–Kier alpha value is -1.29. The molecule has 0 aliphatic heterocycles. The van der Waals surface area contributed by atoms with Crippen LogP contribution in [0.3, 0.4) is 0 Å². The number of nitriles is 1. The standard InChI is InChI=1S/C8H14N2.C2HF3O2/c9-5-1-2-7-3-4-8(10)6-7;3-2(4,5)1(6)7/h7-8H,1-4,6,10H2;(H,6,7)/t7-,8+;/m0./s1. The molecule has 0 spiro atoms. The molecule has 17 heavy (non-hydrogen) atoms. The topological polar surface area (TPSA) is 87.1 Å². The summed E-state index contributed by atoms with van der Waals surface area (Å²) in [5, 5.41) is 15.4. The van der Waals surface area contributed by atoms with E-state index in [2.05, 4.69) is 6.07 Å². The molecule has 0 unspecified atom stereocenters. The molecule has 1 fully saturated rings. The van der Waals surface area contributed by atoms with Gasteiger partial charge in [-0.15, -0.1) is 0 Å². The smallest absolute Gasteiger partial charge is 0.475 e. The second-order valence-corrected chi connectivity index (χ2v) is 3.94. The monoisotopic (exact) mass is 252 g/mol. The fourth-order valence-corrected chi connectivity index (χ4v) is 1.64. The highest BCUT2D eigenvalue weighted by atomic mass is 19.4. The number of hydrogen-bond donors (Lipinski definition) is 2. The lowest BCUT2D eigenvalue weighted by atomic mass is 10.0. The Morgan fingerprint density at radius 2 is 2.00 bits per heavy atom. The summed E-state index contributed by atoms with van der Waals surface area (Å²) in [5.74, 6) is -2.01. The molecular weight excluding hydrogens is 237 g/mol. The maximum absolute atomic E-state index is 10.6. The van der Waals surface area contributed by atoms with Crippen molar-refractivity contribution in [2.24, 2.45) is 11.7 Å². The molecular formula is C10H15F3N2O2. The highest BCUT2D eigenvalue weighted by Gasteiger charge is 2.38. The SMILES string of the molecule is N#CCC[C@H]1CC[C@@H](N)C1.O=C(O)C(F)(F)F. The van der Waals surface area contributed by atoms with Gasteiger partial charge in [0.1, 0.15) is 0 Å². The number of aliphatic carboxylic acids is 1. The summed E-state index contributed by atoms with van der Waals surface area (Å²) >= 11 is 0. The Kier molecular flexibility index (Phi) is 6.58. The van der Waals surface area contributed by atoms with Crippen LogP contribution < -0.4 is 5.73 Å². The van der Waals surface area contributed by atoms with Gasteiger partial charge in [-0.05, 0) is 31.6 Å². The normalized spacial score (nSPS) is 23.5. The van der Waals surface area contributed by atoms with E-state index in [0.29, 0.717) is 12.5 Å². The number of alkyl halides is 3. The summed E-state index contributed by atoms with van der Waals surface area (Å²) in [5.41, 5.74) is 5.71. The van der Waals surface area contributed by atoms with E-state index in [1.807, 2.05) is 0 Å². The molecule has 2 atom stereocenters. The van der Waals surface area contributed by atoms with E-state index < -0.39 is 12.1 Å². The first-order valence-electron chi connectivity index (χ1n) is 5.20. The summed E-state index contributed by atoms with van der Waals surface area (Å²) in [4.78, 5) is 8.90. The van der Waals surface area contributed by atoms with E-state index in [1.165, 1.54) is 6.42 Å². The number of hydrogen-bond acceptors (Lipinski definition) is 3. The van der Waals surface area contributed by atoms with Gasteiger partial charge in [-0.1, -0.05) is 0 Å². The van der Waals surface area contributed by atoms with E-state index in [1.54, 1.807) is 0 Å². The van der Waals surface area contributed by atoms with Crippen LogP contribution in [-0.2, 0) is 4.79 Å². The van der Waals surface area contributed by atoms with Crippen molar-refractivity contribution in [3.05, 3.63) is 0 Å². The van der Waals surface area contributed by atoms with E-state index in [9.17, 15) is 13.2 Å². The highest BCUT2D eigenvalue weighted by molar-refractivity contribution is 5.73. The summed E-state index contributed by atoms with van der Waals surface area (Å²) in [7, 11) is 0. The lowest BCUT2D eigenvalue weighted by Gasteiger charge is -2.04. The van der Waals surface area contributed by atoms with Crippen LogP contribution in [0.4, 0.5) is 13.2 Å². The number of nitrogens with two attached hydrogens (primary N) is 1. The fourth-order valence-electron chi connectivity index (χ4n) is 1.64. The third-order valence-corrected chi connectivity index (χ3v) is 2.49. The van der Waals surface area contributed by atoms with Crippen LogP contribution in [0.2, 0.25) is 0 Å². The second kappa shape index (κ2) is 7.12. The van der Waals surface area contributed by atoms with E-state index in [4.69, 9.17) is 20.9 Å². The van der Waals surface area contributed by atoms with Crippen LogP contribution >= 0.6 is 0 Å². The molecule has 0 bridgehead atoms. The van der Waals surface area contributed by atoms with Gasteiger partial charge in [0.05, 0.1) is 6.07 Å². The first-order chi connectivity index (χ1) is 7.77. The quantitative estimate of drug-likeness (QED) is 0.787. The van der Waals surface area contributed by atoms with Gasteiger partial charge in [0.25, 0.3) is 0 Å². The summed E-state index contributed by atoms with van der Waals surface area (Å²) < 4.78 is 31.7. The number of halogens is 3. The van der Waals surface area contributed by atoms with Crippen molar-refractivity contribution in [1.82, 2.24) is 0 Å². The summed E-state index contributed by atoms with van der Waals surface area (Å²) in [6, 6.07) is 2.59. The zero-order chi connectivity index (χ0) is 13.5. The first kappa shape index (κ1) is 15.7. The van der Waals surface area contributed by atoms with Crippen LogP contribution in [0, 0.1) is 17.2 Å². The molecule has 98 valence electrons. The minimum Gasteiger partial charge on any atom is -0.475 e. The molecule has 3 N–H and O–H groups in total. The number of rotatable bonds is 2. The molecule has 1 saturated carbocycles. The van der Waals surface area contributed by atoms with Gasteiger partial charge >= 0.3 is 12.1 Å². The predicted molar refractivity (Wildman–Crippen MR) is 53.9 cm³/mol. The maximum Gasteiger partial charge on any atom is 0.490 e. The van der Waals surface area contributed by atoms with Crippen molar-refractivity contribution in [3.63, 3.8) is 0 Å². The number of carboxylic acid groups (broad SMARTS) is 1. The third-order valence-electron chi connectivity index (χ3n) is 2.49. The van der Waals surface area contributed by atoms with Gasteiger partial charge in [0.2, 0.25) is 0 Å². The lowest BCUT2D eigenvalue weighted by molar-refractivity contribution is -0.192. The average Bonchev–Trinajstić information content (AvgIpc) is 2.60. The van der Waals surface area contributed by atoms with Crippen molar-refractivity contribution in [1.29, 1.82) is 5.26 Å². The van der Waals surface area contributed by atoms with E-state index >= 15 is 0 Å². The van der Waals surface area contributed by atoms with Crippen LogP contribution in [0.25, 0.3) is 0 Å². The Morgan fingerprint density at radius 1 is 1.47 bits per heavy atom. The van der Waals surface area contributed by atoms with Gasteiger partial charge in [-0.2, -0.15) is 18.4 Å². The minimum absolute atomic E-state index is 0.420. The van der Waals surface area contributed by atoms with Crippen molar-refractivity contribution in [2.75, 3.05) is 0 Å².